The number of aliphatic hydroxyl groups is 1. The van der Waals surface area contributed by atoms with Crippen molar-refractivity contribution in [2.75, 3.05) is 6.61 Å². The van der Waals surface area contributed by atoms with E-state index in [0.29, 0.717) is 17.2 Å². The van der Waals surface area contributed by atoms with E-state index in [1.54, 1.807) is 51.5 Å². The summed E-state index contributed by atoms with van der Waals surface area (Å²) in [5, 5.41) is 34.6. The third-order valence-corrected chi connectivity index (χ3v) is 5.49. The summed E-state index contributed by atoms with van der Waals surface area (Å²) in [5.41, 5.74) is 1.15. The van der Waals surface area contributed by atoms with Crippen LogP contribution in [0.3, 0.4) is 0 Å². The Kier molecular flexibility index (Phi) is 5.26. The number of hydrogen-bond donors (Lipinski definition) is 4. The van der Waals surface area contributed by atoms with E-state index in [1.165, 1.54) is 16.7 Å². The molecule has 7 nitrogen and oxygen atoms in total. The average Bonchev–Trinajstić information content (AvgIpc) is 3.03. The minimum atomic E-state index is -0.885. The largest absolute Gasteiger partial charge is 0.505 e. The Hall–Kier alpha value is -3.65. The fraction of sp³-hybridized carbons (Fsp3) is 0.250. The van der Waals surface area contributed by atoms with E-state index in [4.69, 9.17) is 0 Å². The summed E-state index contributed by atoms with van der Waals surface area (Å²) >= 11 is 0. The van der Waals surface area contributed by atoms with Crippen LogP contribution in [0.25, 0.3) is 21.7 Å². The summed E-state index contributed by atoms with van der Waals surface area (Å²) in [5.74, 6) is -1.20. The SMILES string of the molecule is Cn1cc2c(C(=O)NC(C)(C)CO)c3cc(Cc4ccc(F)cc4)cnc3c(O)c2c1O. The molecule has 0 atom stereocenters. The van der Waals surface area contributed by atoms with Gasteiger partial charge in [-0.05, 0) is 49.6 Å². The number of rotatable bonds is 5. The van der Waals surface area contributed by atoms with Crippen LogP contribution in [0.1, 0.15) is 35.3 Å². The van der Waals surface area contributed by atoms with Crippen LogP contribution in [-0.4, -0.2) is 42.9 Å². The Morgan fingerprint density at radius 3 is 2.50 bits per heavy atom. The van der Waals surface area contributed by atoms with Gasteiger partial charge in [-0.15, -0.1) is 0 Å². The van der Waals surface area contributed by atoms with Crippen LogP contribution in [0.15, 0.2) is 42.7 Å². The van der Waals surface area contributed by atoms with Crippen LogP contribution in [0, 0.1) is 5.82 Å². The van der Waals surface area contributed by atoms with Crippen LogP contribution < -0.4 is 5.32 Å². The van der Waals surface area contributed by atoms with E-state index in [1.807, 2.05) is 0 Å². The number of aliphatic hydroxyl groups excluding tert-OH is 1. The van der Waals surface area contributed by atoms with Crippen molar-refractivity contribution in [3.8, 4) is 11.6 Å². The summed E-state index contributed by atoms with van der Waals surface area (Å²) in [6, 6.07) is 7.86. The maximum absolute atomic E-state index is 13.3. The van der Waals surface area contributed by atoms with Crippen molar-refractivity contribution in [2.24, 2.45) is 7.05 Å². The van der Waals surface area contributed by atoms with E-state index in [0.717, 1.165) is 11.1 Å². The number of pyridine rings is 1. The molecule has 166 valence electrons. The quantitative estimate of drug-likeness (QED) is 0.383. The number of aromatic nitrogens is 2. The fourth-order valence-electron chi connectivity index (χ4n) is 3.78. The molecule has 4 N–H and O–H groups in total. The molecule has 4 rings (SSSR count). The maximum Gasteiger partial charge on any atom is 0.253 e. The van der Waals surface area contributed by atoms with Crippen molar-refractivity contribution in [3.63, 3.8) is 0 Å². The summed E-state index contributed by atoms with van der Waals surface area (Å²) < 4.78 is 14.7. The number of amides is 1. The smallest absolute Gasteiger partial charge is 0.253 e. The van der Waals surface area contributed by atoms with E-state index >= 15 is 0 Å². The molecule has 0 aliphatic carbocycles. The Morgan fingerprint density at radius 1 is 1.16 bits per heavy atom. The number of carbonyl (C=O) groups is 1. The number of benzene rings is 2. The Bertz CT molecular complexity index is 1340. The Labute approximate surface area is 183 Å². The van der Waals surface area contributed by atoms with Crippen LogP contribution >= 0.6 is 0 Å². The topological polar surface area (TPSA) is 108 Å². The molecule has 1 amide bonds. The lowest BCUT2D eigenvalue weighted by Crippen LogP contribution is -2.46. The van der Waals surface area contributed by atoms with E-state index in [9.17, 15) is 24.5 Å². The summed E-state index contributed by atoms with van der Waals surface area (Å²) in [6.45, 7) is 3.10. The molecule has 0 radical (unpaired) electrons. The van der Waals surface area contributed by atoms with Gasteiger partial charge in [0.2, 0.25) is 5.88 Å². The molecule has 0 unspecified atom stereocenters. The van der Waals surface area contributed by atoms with Gasteiger partial charge in [0.25, 0.3) is 5.91 Å². The first-order valence-corrected chi connectivity index (χ1v) is 10.1. The molecule has 0 saturated heterocycles. The van der Waals surface area contributed by atoms with Gasteiger partial charge in [0.1, 0.15) is 11.3 Å². The minimum Gasteiger partial charge on any atom is -0.505 e. The molecule has 2 heterocycles. The zero-order valence-corrected chi connectivity index (χ0v) is 18.0. The van der Waals surface area contributed by atoms with Crippen LogP contribution in [0.5, 0.6) is 11.6 Å². The van der Waals surface area contributed by atoms with Crippen molar-refractivity contribution in [1.82, 2.24) is 14.9 Å². The van der Waals surface area contributed by atoms with Crippen molar-refractivity contribution in [3.05, 3.63) is 65.2 Å². The second-order valence-corrected chi connectivity index (χ2v) is 8.61. The summed E-state index contributed by atoms with van der Waals surface area (Å²) in [6.07, 6.45) is 3.60. The molecule has 4 aromatic rings. The number of phenols is 1. The molecule has 0 aliphatic rings. The van der Waals surface area contributed by atoms with E-state index in [2.05, 4.69) is 10.3 Å². The molecule has 0 bridgehead atoms. The number of aromatic hydroxyl groups is 2. The van der Waals surface area contributed by atoms with Crippen molar-refractivity contribution in [1.29, 1.82) is 0 Å². The first-order valence-electron chi connectivity index (χ1n) is 10.1. The zero-order valence-electron chi connectivity index (χ0n) is 18.0. The number of nitrogens with zero attached hydrogens (tertiary/aromatic N) is 2. The Morgan fingerprint density at radius 2 is 1.84 bits per heavy atom. The monoisotopic (exact) mass is 437 g/mol. The normalized spacial score (nSPS) is 11.9. The predicted molar refractivity (Wildman–Crippen MR) is 119 cm³/mol. The molecule has 32 heavy (non-hydrogen) atoms. The number of halogens is 1. The summed E-state index contributed by atoms with van der Waals surface area (Å²) in [4.78, 5) is 17.7. The second-order valence-electron chi connectivity index (χ2n) is 8.61. The third kappa shape index (κ3) is 3.73. The molecular formula is C24H24FN3O4. The highest BCUT2D eigenvalue weighted by molar-refractivity contribution is 6.21. The molecule has 0 aliphatic heterocycles. The number of fused-ring (bicyclic) bond motifs is 2. The molecule has 2 aromatic carbocycles. The van der Waals surface area contributed by atoms with Crippen LogP contribution in [0.4, 0.5) is 4.39 Å². The lowest BCUT2D eigenvalue weighted by atomic mass is 9.96. The number of hydrogen-bond acceptors (Lipinski definition) is 5. The van der Waals surface area contributed by atoms with Gasteiger partial charge < -0.3 is 25.2 Å². The Balaban J connectivity index is 1.94. The van der Waals surface area contributed by atoms with Crippen LogP contribution in [0.2, 0.25) is 0 Å². The molecule has 0 spiro atoms. The second kappa shape index (κ2) is 7.80. The predicted octanol–water partition coefficient (Wildman–Crippen LogP) is 3.37. The average molecular weight is 437 g/mol. The minimum absolute atomic E-state index is 0.130. The molecule has 0 fully saturated rings. The maximum atomic E-state index is 13.3. The number of nitrogens with one attached hydrogen (secondary N) is 1. The van der Waals surface area contributed by atoms with Gasteiger partial charge in [-0.25, -0.2) is 4.39 Å². The first kappa shape index (κ1) is 21.6. The van der Waals surface area contributed by atoms with Gasteiger partial charge in [0.05, 0.1) is 23.1 Å². The van der Waals surface area contributed by atoms with Gasteiger partial charge in [-0.3, -0.25) is 9.78 Å². The third-order valence-electron chi connectivity index (χ3n) is 5.49. The number of phenolic OH excluding ortho intramolecular Hbond substituents is 1. The van der Waals surface area contributed by atoms with E-state index in [-0.39, 0.29) is 40.5 Å². The highest BCUT2D eigenvalue weighted by atomic mass is 19.1. The lowest BCUT2D eigenvalue weighted by molar-refractivity contribution is 0.0872. The highest BCUT2D eigenvalue weighted by Crippen LogP contribution is 2.42. The van der Waals surface area contributed by atoms with Crippen molar-refractivity contribution < 1.29 is 24.5 Å². The molecular weight excluding hydrogens is 413 g/mol. The lowest BCUT2D eigenvalue weighted by Gasteiger charge is -2.24. The van der Waals surface area contributed by atoms with Crippen LogP contribution in [-0.2, 0) is 13.5 Å². The van der Waals surface area contributed by atoms with Crippen molar-refractivity contribution in [2.45, 2.75) is 25.8 Å². The van der Waals surface area contributed by atoms with Gasteiger partial charge >= 0.3 is 0 Å². The van der Waals surface area contributed by atoms with Gasteiger partial charge in [-0.2, -0.15) is 0 Å². The van der Waals surface area contributed by atoms with Gasteiger partial charge in [0, 0.05) is 30.2 Å². The fourth-order valence-corrected chi connectivity index (χ4v) is 3.78. The number of carbonyl (C=O) groups excluding carboxylic acids is 1. The summed E-state index contributed by atoms with van der Waals surface area (Å²) in [7, 11) is 1.60. The molecule has 0 saturated carbocycles. The standard InChI is InChI=1S/C24H24FN3O4/c1-24(2,12-29)27-22(31)18-16-9-14(8-13-4-6-15(25)7-5-13)10-26-20(16)21(30)19-17(18)11-28(3)23(19)32/h4-7,9-11,29-30,32H,8,12H2,1-3H3,(H,27,31). The molecule has 8 heteroatoms. The molecule has 2 aromatic heterocycles. The zero-order chi connectivity index (χ0) is 23.2. The highest BCUT2D eigenvalue weighted by Gasteiger charge is 2.27. The number of aryl methyl sites for hydroxylation is 1. The van der Waals surface area contributed by atoms with Crippen molar-refractivity contribution >= 4 is 27.6 Å². The van der Waals surface area contributed by atoms with E-state index < -0.39 is 11.4 Å². The van der Waals surface area contributed by atoms with Gasteiger partial charge in [0.15, 0.2) is 5.75 Å². The first-order chi connectivity index (χ1) is 15.1. The van der Waals surface area contributed by atoms with Gasteiger partial charge in [-0.1, -0.05) is 12.1 Å².